The van der Waals surface area contributed by atoms with Gasteiger partial charge in [-0.3, -0.25) is 14.1 Å². The van der Waals surface area contributed by atoms with Crippen molar-refractivity contribution in [3.63, 3.8) is 0 Å². The van der Waals surface area contributed by atoms with E-state index in [4.69, 9.17) is 0 Å². The molecule has 0 radical (unpaired) electrons. The van der Waals surface area contributed by atoms with Gasteiger partial charge < -0.3 is 5.11 Å². The Hall–Kier alpha value is -1.88. The fourth-order valence-electron chi connectivity index (χ4n) is 3.38. The molecule has 0 bridgehead atoms. The zero-order valence-corrected chi connectivity index (χ0v) is 13.2. The first kappa shape index (κ1) is 15.0. The summed E-state index contributed by atoms with van der Waals surface area (Å²) in [5, 5.41) is 9.99. The summed E-state index contributed by atoms with van der Waals surface area (Å²) in [7, 11) is 2.09. The molecule has 1 aliphatic carbocycles. The minimum absolute atomic E-state index is 0.0462. The van der Waals surface area contributed by atoms with Gasteiger partial charge in [-0.2, -0.15) is 0 Å². The van der Waals surface area contributed by atoms with Gasteiger partial charge in [0.2, 0.25) is 0 Å². The second kappa shape index (κ2) is 6.08. The van der Waals surface area contributed by atoms with Crippen LogP contribution in [0.3, 0.4) is 0 Å². The van der Waals surface area contributed by atoms with Gasteiger partial charge in [-0.15, -0.1) is 0 Å². The molecule has 118 valence electrons. The molecule has 2 aromatic rings. The van der Waals surface area contributed by atoms with Crippen LogP contribution in [0.4, 0.5) is 0 Å². The number of aromatic hydroxyl groups is 1. The first-order valence-electron chi connectivity index (χ1n) is 7.98. The standard InChI is InChI=1S/C17H23N3O2/c1-12-8-9-15(21)17-18-13(10-16(22)20(12)17)11-19(2)14-6-4-3-5-7-14/h8-10,14,21H,3-7,11H2,1-2H3. The molecule has 0 saturated heterocycles. The molecule has 5 heteroatoms. The van der Waals surface area contributed by atoms with Crippen molar-refractivity contribution in [2.45, 2.75) is 51.6 Å². The van der Waals surface area contributed by atoms with Crippen LogP contribution in [0.2, 0.25) is 0 Å². The Balaban J connectivity index is 1.91. The maximum Gasteiger partial charge on any atom is 0.258 e. The summed E-state index contributed by atoms with van der Waals surface area (Å²) in [5.74, 6) is 0.0462. The third-order valence-corrected chi connectivity index (χ3v) is 4.65. The third-order valence-electron chi connectivity index (χ3n) is 4.65. The highest BCUT2D eigenvalue weighted by Gasteiger charge is 2.19. The number of aryl methyl sites for hydroxylation is 1. The lowest BCUT2D eigenvalue weighted by molar-refractivity contribution is 0.183. The summed E-state index contributed by atoms with van der Waals surface area (Å²) < 4.78 is 1.46. The van der Waals surface area contributed by atoms with E-state index in [0.29, 0.717) is 18.2 Å². The third kappa shape index (κ3) is 2.86. The average Bonchev–Trinajstić information content (AvgIpc) is 2.51. The normalized spacial score (nSPS) is 16.5. The van der Waals surface area contributed by atoms with Gasteiger partial charge in [-0.25, -0.2) is 4.98 Å². The van der Waals surface area contributed by atoms with Crippen LogP contribution >= 0.6 is 0 Å². The molecule has 3 rings (SSSR count). The molecular weight excluding hydrogens is 278 g/mol. The SMILES string of the molecule is Cc1ccc(O)c2nc(CN(C)C3CCCCC3)cc(=O)n12. The smallest absolute Gasteiger partial charge is 0.258 e. The van der Waals surface area contributed by atoms with Crippen molar-refractivity contribution in [3.8, 4) is 5.75 Å². The van der Waals surface area contributed by atoms with Crippen molar-refractivity contribution in [2.24, 2.45) is 0 Å². The lowest BCUT2D eigenvalue weighted by Gasteiger charge is -2.30. The van der Waals surface area contributed by atoms with Gasteiger partial charge in [0.25, 0.3) is 5.56 Å². The molecule has 0 spiro atoms. The Bertz CT molecular complexity index is 732. The summed E-state index contributed by atoms with van der Waals surface area (Å²) in [6.07, 6.45) is 6.32. The molecule has 2 aromatic heterocycles. The Morgan fingerprint density at radius 2 is 2.05 bits per heavy atom. The van der Waals surface area contributed by atoms with E-state index in [1.807, 2.05) is 6.92 Å². The quantitative estimate of drug-likeness (QED) is 0.946. The minimum Gasteiger partial charge on any atom is -0.504 e. The molecule has 0 aliphatic heterocycles. The topological polar surface area (TPSA) is 57.8 Å². The van der Waals surface area contributed by atoms with Crippen molar-refractivity contribution >= 4 is 5.65 Å². The number of fused-ring (bicyclic) bond motifs is 1. The molecule has 2 heterocycles. The zero-order chi connectivity index (χ0) is 15.7. The molecule has 0 aromatic carbocycles. The zero-order valence-electron chi connectivity index (χ0n) is 13.2. The summed E-state index contributed by atoms with van der Waals surface area (Å²) in [6.45, 7) is 2.48. The Morgan fingerprint density at radius 3 is 2.77 bits per heavy atom. The van der Waals surface area contributed by atoms with Gasteiger partial charge in [-0.05, 0) is 38.9 Å². The molecule has 22 heavy (non-hydrogen) atoms. The second-order valence-electron chi connectivity index (χ2n) is 6.31. The molecule has 1 saturated carbocycles. The van der Waals surface area contributed by atoms with Crippen molar-refractivity contribution in [1.29, 1.82) is 0 Å². The van der Waals surface area contributed by atoms with Gasteiger partial charge in [-0.1, -0.05) is 19.3 Å². The van der Waals surface area contributed by atoms with E-state index in [0.717, 1.165) is 11.4 Å². The van der Waals surface area contributed by atoms with Crippen LogP contribution in [-0.2, 0) is 6.54 Å². The lowest BCUT2D eigenvalue weighted by Crippen LogP contribution is -2.33. The predicted octanol–water partition coefficient (Wildman–Crippen LogP) is 2.47. The van der Waals surface area contributed by atoms with E-state index in [-0.39, 0.29) is 11.3 Å². The summed E-state index contributed by atoms with van der Waals surface area (Å²) in [6, 6.07) is 5.46. The number of hydrogen-bond donors (Lipinski definition) is 1. The van der Waals surface area contributed by atoms with E-state index in [1.165, 1.54) is 36.5 Å². The summed E-state index contributed by atoms with van der Waals surface area (Å²) in [4.78, 5) is 19.1. The lowest BCUT2D eigenvalue weighted by atomic mass is 9.94. The number of pyridine rings is 1. The fourth-order valence-corrected chi connectivity index (χ4v) is 3.38. The van der Waals surface area contributed by atoms with Gasteiger partial charge in [0.1, 0.15) is 0 Å². The van der Waals surface area contributed by atoms with Crippen molar-refractivity contribution in [1.82, 2.24) is 14.3 Å². The minimum atomic E-state index is -0.134. The van der Waals surface area contributed by atoms with Gasteiger partial charge in [0.05, 0.1) is 5.69 Å². The van der Waals surface area contributed by atoms with E-state index >= 15 is 0 Å². The van der Waals surface area contributed by atoms with E-state index in [2.05, 4.69) is 16.9 Å². The van der Waals surface area contributed by atoms with Crippen LogP contribution in [0.1, 0.15) is 43.5 Å². The number of nitrogens with zero attached hydrogens (tertiary/aromatic N) is 3. The van der Waals surface area contributed by atoms with Crippen molar-refractivity contribution < 1.29 is 5.11 Å². The van der Waals surface area contributed by atoms with Gasteiger partial charge in [0.15, 0.2) is 11.4 Å². The molecule has 1 aliphatic rings. The first-order chi connectivity index (χ1) is 10.6. The molecule has 0 amide bonds. The van der Waals surface area contributed by atoms with Crippen LogP contribution in [0.5, 0.6) is 5.75 Å². The molecule has 1 N–H and O–H groups in total. The van der Waals surface area contributed by atoms with Crippen molar-refractivity contribution in [3.05, 3.63) is 39.9 Å². The Kier molecular flexibility index (Phi) is 4.16. The maximum absolute atomic E-state index is 12.3. The first-order valence-corrected chi connectivity index (χ1v) is 7.98. The average molecular weight is 301 g/mol. The number of hydrogen-bond acceptors (Lipinski definition) is 4. The molecule has 0 atom stereocenters. The predicted molar refractivity (Wildman–Crippen MR) is 86.2 cm³/mol. The highest BCUT2D eigenvalue weighted by Crippen LogP contribution is 2.23. The van der Waals surface area contributed by atoms with Crippen LogP contribution in [-0.4, -0.2) is 32.5 Å². The van der Waals surface area contributed by atoms with Crippen LogP contribution in [0.15, 0.2) is 23.0 Å². The van der Waals surface area contributed by atoms with Crippen LogP contribution in [0.25, 0.3) is 5.65 Å². The molecular formula is C17H23N3O2. The number of rotatable bonds is 3. The number of aromatic nitrogens is 2. The summed E-state index contributed by atoms with van der Waals surface area (Å²) in [5.41, 5.74) is 1.71. The summed E-state index contributed by atoms with van der Waals surface area (Å²) >= 11 is 0. The second-order valence-corrected chi connectivity index (χ2v) is 6.31. The molecule has 5 nitrogen and oxygen atoms in total. The van der Waals surface area contributed by atoms with E-state index in [1.54, 1.807) is 18.2 Å². The van der Waals surface area contributed by atoms with E-state index < -0.39 is 0 Å². The maximum atomic E-state index is 12.3. The largest absolute Gasteiger partial charge is 0.504 e. The van der Waals surface area contributed by atoms with Crippen molar-refractivity contribution in [2.75, 3.05) is 7.05 Å². The van der Waals surface area contributed by atoms with Crippen LogP contribution < -0.4 is 5.56 Å². The van der Waals surface area contributed by atoms with Gasteiger partial charge >= 0.3 is 0 Å². The highest BCUT2D eigenvalue weighted by molar-refractivity contribution is 5.53. The van der Waals surface area contributed by atoms with Crippen LogP contribution in [0, 0.1) is 6.92 Å². The van der Waals surface area contributed by atoms with Gasteiger partial charge in [0, 0.05) is 24.3 Å². The highest BCUT2D eigenvalue weighted by atomic mass is 16.3. The Morgan fingerprint density at radius 1 is 1.32 bits per heavy atom. The fraction of sp³-hybridized carbons (Fsp3) is 0.529. The van der Waals surface area contributed by atoms with E-state index in [9.17, 15) is 9.90 Å². The molecule has 0 unspecified atom stereocenters. The molecule has 1 fully saturated rings. The Labute approximate surface area is 130 Å². The monoisotopic (exact) mass is 301 g/mol.